The smallest absolute Gasteiger partial charge is 0.320 e. The Hall–Kier alpha value is -4.23. The van der Waals surface area contributed by atoms with Gasteiger partial charge in [0.2, 0.25) is 0 Å². The Morgan fingerprint density at radius 2 is 1.77 bits per heavy atom. The lowest BCUT2D eigenvalue weighted by Gasteiger charge is -2.34. The van der Waals surface area contributed by atoms with Crippen molar-refractivity contribution in [2.45, 2.75) is 71.2 Å². The Kier molecular flexibility index (Phi) is 8.70. The Morgan fingerprint density at radius 1 is 0.953 bits per heavy atom. The molecule has 1 aliphatic heterocycles. The van der Waals surface area contributed by atoms with E-state index in [4.69, 9.17) is 9.47 Å². The fourth-order valence-corrected chi connectivity index (χ4v) is 6.51. The van der Waals surface area contributed by atoms with Gasteiger partial charge in [-0.1, -0.05) is 55.0 Å². The van der Waals surface area contributed by atoms with Crippen molar-refractivity contribution in [3.8, 4) is 22.6 Å². The maximum Gasteiger partial charge on any atom is 0.320 e. The van der Waals surface area contributed by atoms with Gasteiger partial charge in [-0.2, -0.15) is 0 Å². The normalized spacial score (nSPS) is 16.6. The molecule has 43 heavy (non-hydrogen) atoms. The van der Waals surface area contributed by atoms with Crippen LogP contribution in [0.5, 0.6) is 11.5 Å². The lowest BCUT2D eigenvalue weighted by molar-refractivity contribution is -0.144. The minimum atomic E-state index is -0.780. The van der Waals surface area contributed by atoms with Crippen molar-refractivity contribution >= 4 is 5.97 Å². The summed E-state index contributed by atoms with van der Waals surface area (Å²) in [6.07, 6.45) is 8.09. The molecule has 0 saturated carbocycles. The van der Waals surface area contributed by atoms with Crippen LogP contribution in [0.2, 0.25) is 0 Å². The number of carbonyl (C=O) groups is 1. The standard InChI is InChI=1S/C36H37FN2O4/c1-24-27(11-7-12-29(24)26-9-3-2-4-10-26)23-43-34-18-35(42-22-25-17-28(37)20-38-19-25)32(30-13-8-14-31(30)34)21-39-16-6-5-15-33(39)36(40)41/h2-4,7,9-12,17-20,33H,5-6,8,13-16,21-23H2,1H3,(H,40,41). The van der Waals surface area contributed by atoms with Crippen molar-refractivity contribution in [3.05, 3.63) is 112 Å². The van der Waals surface area contributed by atoms with Gasteiger partial charge >= 0.3 is 5.97 Å². The molecule has 1 aliphatic carbocycles. The molecule has 1 atom stereocenters. The van der Waals surface area contributed by atoms with Gasteiger partial charge in [-0.25, -0.2) is 4.39 Å². The molecule has 0 spiro atoms. The molecule has 1 unspecified atom stereocenters. The van der Waals surface area contributed by atoms with Gasteiger partial charge in [-0.05, 0) is 85.0 Å². The lowest BCUT2D eigenvalue weighted by atomic mass is 9.96. The summed E-state index contributed by atoms with van der Waals surface area (Å²) in [6, 6.07) is 19.5. The lowest BCUT2D eigenvalue weighted by Crippen LogP contribution is -2.44. The van der Waals surface area contributed by atoms with Gasteiger partial charge in [-0.15, -0.1) is 0 Å². The highest BCUT2D eigenvalue weighted by atomic mass is 19.1. The molecule has 6 rings (SSSR count). The van der Waals surface area contributed by atoms with Crippen LogP contribution in [0.15, 0.2) is 73.1 Å². The van der Waals surface area contributed by atoms with Crippen LogP contribution in [0.25, 0.3) is 11.1 Å². The van der Waals surface area contributed by atoms with E-state index in [0.29, 0.717) is 30.9 Å². The van der Waals surface area contributed by atoms with E-state index in [0.717, 1.165) is 55.5 Å². The zero-order chi connectivity index (χ0) is 29.8. The predicted molar refractivity (Wildman–Crippen MR) is 164 cm³/mol. The quantitative estimate of drug-likeness (QED) is 0.213. The maximum absolute atomic E-state index is 13.9. The van der Waals surface area contributed by atoms with Crippen LogP contribution in [0, 0.1) is 12.7 Å². The van der Waals surface area contributed by atoms with E-state index in [1.165, 1.54) is 40.1 Å². The molecule has 1 fully saturated rings. The Labute approximate surface area is 252 Å². The van der Waals surface area contributed by atoms with Crippen LogP contribution < -0.4 is 9.47 Å². The number of fused-ring (bicyclic) bond motifs is 1. The van der Waals surface area contributed by atoms with Gasteiger partial charge < -0.3 is 14.6 Å². The Balaban J connectivity index is 1.32. The van der Waals surface area contributed by atoms with Crippen LogP contribution in [0.1, 0.15) is 59.1 Å². The van der Waals surface area contributed by atoms with Crippen molar-refractivity contribution in [2.24, 2.45) is 0 Å². The zero-order valence-corrected chi connectivity index (χ0v) is 24.5. The number of carboxylic acid groups (broad SMARTS) is 1. The Morgan fingerprint density at radius 3 is 2.58 bits per heavy atom. The second kappa shape index (κ2) is 13.0. The summed E-state index contributed by atoms with van der Waals surface area (Å²) in [5.74, 6) is 0.258. The van der Waals surface area contributed by atoms with E-state index in [-0.39, 0.29) is 6.61 Å². The molecule has 0 bridgehead atoms. The molecule has 222 valence electrons. The molecular formula is C36H37FN2O4. The number of halogens is 1. The number of aliphatic carboxylic acids is 1. The van der Waals surface area contributed by atoms with E-state index in [1.807, 2.05) is 24.3 Å². The molecule has 0 amide bonds. The SMILES string of the molecule is Cc1c(COc2cc(OCc3cncc(F)c3)c(CN3CCCCC3C(=O)O)c3c2CCC3)cccc1-c1ccccc1. The molecule has 1 saturated heterocycles. The van der Waals surface area contributed by atoms with Gasteiger partial charge in [0.05, 0.1) is 6.20 Å². The van der Waals surface area contributed by atoms with Crippen LogP contribution in [-0.2, 0) is 37.4 Å². The molecule has 1 aromatic heterocycles. The first-order valence-electron chi connectivity index (χ1n) is 15.1. The number of aromatic nitrogens is 1. The number of pyridine rings is 1. The number of hydrogen-bond donors (Lipinski definition) is 1. The van der Waals surface area contributed by atoms with Gasteiger partial charge in [-0.3, -0.25) is 14.7 Å². The van der Waals surface area contributed by atoms with Crippen molar-refractivity contribution in [3.63, 3.8) is 0 Å². The van der Waals surface area contributed by atoms with Crippen LogP contribution in [-0.4, -0.2) is 33.5 Å². The summed E-state index contributed by atoms with van der Waals surface area (Å²) in [4.78, 5) is 18.1. The molecular weight excluding hydrogens is 543 g/mol. The fourth-order valence-electron chi connectivity index (χ4n) is 6.51. The topological polar surface area (TPSA) is 71.9 Å². The summed E-state index contributed by atoms with van der Waals surface area (Å²) >= 11 is 0. The molecule has 0 radical (unpaired) electrons. The molecule has 1 N–H and O–H groups in total. The second-order valence-electron chi connectivity index (χ2n) is 11.5. The average molecular weight is 581 g/mol. The first-order chi connectivity index (χ1) is 21.0. The number of rotatable bonds is 10. The van der Waals surface area contributed by atoms with E-state index in [1.54, 1.807) is 6.20 Å². The number of likely N-dealkylation sites (tertiary alicyclic amines) is 1. The number of nitrogens with zero attached hydrogens (tertiary/aromatic N) is 2. The summed E-state index contributed by atoms with van der Waals surface area (Å²) in [6.45, 7) is 3.92. The summed E-state index contributed by atoms with van der Waals surface area (Å²) in [5, 5.41) is 9.93. The highest BCUT2D eigenvalue weighted by molar-refractivity contribution is 5.73. The number of piperidine rings is 1. The molecule has 2 aliphatic rings. The average Bonchev–Trinajstić information content (AvgIpc) is 3.52. The highest BCUT2D eigenvalue weighted by Crippen LogP contribution is 2.41. The van der Waals surface area contributed by atoms with Gasteiger partial charge in [0.15, 0.2) is 0 Å². The molecule has 7 heteroatoms. The number of hydrogen-bond acceptors (Lipinski definition) is 5. The summed E-state index contributed by atoms with van der Waals surface area (Å²) < 4.78 is 26.8. The van der Waals surface area contributed by atoms with Gasteiger partial charge in [0.25, 0.3) is 0 Å². The highest BCUT2D eigenvalue weighted by Gasteiger charge is 2.32. The largest absolute Gasteiger partial charge is 0.488 e. The first-order valence-corrected chi connectivity index (χ1v) is 15.1. The third-order valence-corrected chi connectivity index (χ3v) is 8.77. The van der Waals surface area contributed by atoms with Gasteiger partial charge in [0.1, 0.15) is 36.6 Å². The monoisotopic (exact) mass is 580 g/mol. The summed E-state index contributed by atoms with van der Waals surface area (Å²) in [5.41, 5.74) is 8.66. The molecule has 3 aromatic carbocycles. The van der Waals surface area contributed by atoms with Crippen LogP contribution in [0.3, 0.4) is 0 Å². The minimum Gasteiger partial charge on any atom is -0.488 e. The van der Waals surface area contributed by atoms with E-state index < -0.39 is 17.8 Å². The van der Waals surface area contributed by atoms with Gasteiger partial charge in [0, 0.05) is 29.9 Å². The van der Waals surface area contributed by atoms with E-state index >= 15 is 0 Å². The molecule has 2 heterocycles. The van der Waals surface area contributed by atoms with Crippen molar-refractivity contribution < 1.29 is 23.8 Å². The third-order valence-electron chi connectivity index (χ3n) is 8.77. The number of carboxylic acids is 1. The summed E-state index contributed by atoms with van der Waals surface area (Å²) in [7, 11) is 0. The van der Waals surface area contributed by atoms with Crippen molar-refractivity contribution in [2.75, 3.05) is 6.54 Å². The van der Waals surface area contributed by atoms with Crippen LogP contribution >= 0.6 is 0 Å². The predicted octanol–water partition coefficient (Wildman–Crippen LogP) is 7.28. The van der Waals surface area contributed by atoms with Crippen molar-refractivity contribution in [1.29, 1.82) is 0 Å². The fraction of sp³-hybridized carbons (Fsp3) is 0.333. The molecule has 4 aromatic rings. The van der Waals surface area contributed by atoms with Crippen LogP contribution in [0.4, 0.5) is 4.39 Å². The first kappa shape index (κ1) is 28.9. The number of benzene rings is 3. The second-order valence-corrected chi connectivity index (χ2v) is 11.5. The minimum absolute atomic E-state index is 0.149. The van der Waals surface area contributed by atoms with E-state index in [2.05, 4.69) is 47.1 Å². The Bertz CT molecular complexity index is 1610. The maximum atomic E-state index is 13.9. The van der Waals surface area contributed by atoms with E-state index in [9.17, 15) is 14.3 Å². The third kappa shape index (κ3) is 6.42. The number of ether oxygens (including phenoxy) is 2. The van der Waals surface area contributed by atoms with Crippen molar-refractivity contribution in [1.82, 2.24) is 9.88 Å². The zero-order valence-electron chi connectivity index (χ0n) is 24.5. The molecule has 6 nitrogen and oxygen atoms in total.